The molecule has 24 heavy (non-hydrogen) atoms. The number of ether oxygens (including phenoxy) is 2. The highest BCUT2D eigenvalue weighted by Crippen LogP contribution is 2.24. The van der Waals surface area contributed by atoms with Crippen molar-refractivity contribution in [1.82, 2.24) is 0 Å². The highest BCUT2D eigenvalue weighted by molar-refractivity contribution is 6.12. The second kappa shape index (κ2) is 6.78. The molecule has 6 nitrogen and oxygen atoms in total. The number of benzene rings is 2. The number of esters is 1. The van der Waals surface area contributed by atoms with E-state index in [0.717, 1.165) is 0 Å². The Morgan fingerprint density at radius 1 is 1.12 bits per heavy atom. The molecule has 1 heterocycles. The molecule has 0 saturated heterocycles. The summed E-state index contributed by atoms with van der Waals surface area (Å²) < 4.78 is 10.3. The van der Waals surface area contributed by atoms with Gasteiger partial charge in [0.05, 0.1) is 5.97 Å². The van der Waals surface area contributed by atoms with Crippen molar-refractivity contribution in [3.63, 3.8) is 0 Å². The van der Waals surface area contributed by atoms with Gasteiger partial charge >= 0.3 is 5.97 Å². The van der Waals surface area contributed by atoms with Crippen molar-refractivity contribution < 1.29 is 24.2 Å². The minimum absolute atomic E-state index is 0.110. The van der Waals surface area contributed by atoms with E-state index < -0.39 is 18.5 Å². The molecule has 0 unspecified atom stereocenters. The van der Waals surface area contributed by atoms with E-state index in [4.69, 9.17) is 9.47 Å². The van der Waals surface area contributed by atoms with E-state index in [1.807, 2.05) is 18.2 Å². The number of para-hydroxylation sites is 1. The summed E-state index contributed by atoms with van der Waals surface area (Å²) in [6.07, 6.45) is 1.49. The predicted octanol–water partition coefficient (Wildman–Crippen LogP) is 1.16. The van der Waals surface area contributed by atoms with E-state index in [1.54, 1.807) is 36.4 Å². The number of cyclic esters (lactones) is 1. The predicted molar refractivity (Wildman–Crippen MR) is 84.0 cm³/mol. The fraction of sp³-hybridized carbons (Fsp3) is 0.0556. The minimum Gasteiger partial charge on any atom is -0.546 e. The van der Waals surface area contributed by atoms with Gasteiger partial charge in [-0.3, -0.25) is 0 Å². The maximum absolute atomic E-state index is 12.0. The number of rotatable bonds is 5. The average molecular weight is 322 g/mol. The zero-order chi connectivity index (χ0) is 16.9. The molecule has 0 saturated carbocycles. The number of carboxylic acid groups (broad SMARTS) is 1. The normalized spacial score (nSPS) is 15.1. The van der Waals surface area contributed by atoms with Gasteiger partial charge in [-0.25, -0.2) is 9.79 Å². The van der Waals surface area contributed by atoms with Gasteiger partial charge in [-0.05, 0) is 24.3 Å². The third-order valence-electron chi connectivity index (χ3n) is 3.20. The van der Waals surface area contributed by atoms with Gasteiger partial charge in [-0.2, -0.15) is 0 Å². The van der Waals surface area contributed by atoms with Gasteiger partial charge in [0, 0.05) is 11.1 Å². The number of aliphatic imine (C=N–C) groups is 1. The summed E-state index contributed by atoms with van der Waals surface area (Å²) in [6, 6.07) is 15.8. The van der Waals surface area contributed by atoms with Crippen molar-refractivity contribution >= 4 is 23.9 Å². The van der Waals surface area contributed by atoms with Crippen molar-refractivity contribution in [2.24, 2.45) is 4.99 Å². The molecule has 3 rings (SSSR count). The highest BCUT2D eigenvalue weighted by atomic mass is 16.6. The molecule has 1 aliphatic rings. The molecule has 0 N–H and O–H groups in total. The molecule has 2 aromatic rings. The first kappa shape index (κ1) is 15.5. The molecule has 0 amide bonds. The number of carbonyl (C=O) groups is 2. The van der Waals surface area contributed by atoms with Gasteiger partial charge in [-0.15, -0.1) is 0 Å². The van der Waals surface area contributed by atoms with E-state index in [1.165, 1.54) is 6.08 Å². The fourth-order valence-corrected chi connectivity index (χ4v) is 2.13. The molecule has 0 spiro atoms. The molecule has 0 bridgehead atoms. The largest absolute Gasteiger partial charge is 0.546 e. The Kier molecular flexibility index (Phi) is 4.38. The van der Waals surface area contributed by atoms with E-state index in [2.05, 4.69) is 4.99 Å². The van der Waals surface area contributed by atoms with Crippen LogP contribution in [0.25, 0.3) is 6.08 Å². The quantitative estimate of drug-likeness (QED) is 0.609. The number of aliphatic carboxylic acids is 1. The Morgan fingerprint density at radius 3 is 2.58 bits per heavy atom. The standard InChI is InChI=1S/C18H13NO5/c20-16(21)11-23-15-9-5-4-8-13(15)10-14-18(22)24-17(19-14)12-6-2-1-3-7-12/h1-10H,11H2,(H,20,21)/p-1/b14-10-. The van der Waals surface area contributed by atoms with Crippen LogP contribution in [0.2, 0.25) is 0 Å². The SMILES string of the molecule is O=C([O-])COc1ccccc1/C=C1\N=C(c2ccccc2)OC1=O. The van der Waals surface area contributed by atoms with Crippen LogP contribution in [0.1, 0.15) is 11.1 Å². The molecular formula is C18H12NO5-. The summed E-state index contributed by atoms with van der Waals surface area (Å²) in [7, 11) is 0. The first-order valence-electron chi connectivity index (χ1n) is 7.13. The van der Waals surface area contributed by atoms with Gasteiger partial charge in [0.1, 0.15) is 12.4 Å². The van der Waals surface area contributed by atoms with Gasteiger partial charge in [0.15, 0.2) is 5.70 Å². The maximum atomic E-state index is 12.0. The maximum Gasteiger partial charge on any atom is 0.363 e. The number of carbonyl (C=O) groups excluding carboxylic acids is 2. The van der Waals surface area contributed by atoms with Crippen molar-refractivity contribution in [2.75, 3.05) is 6.61 Å². The zero-order valence-electron chi connectivity index (χ0n) is 12.5. The Hall–Kier alpha value is -3.41. The van der Waals surface area contributed by atoms with Crippen LogP contribution in [0.3, 0.4) is 0 Å². The third-order valence-corrected chi connectivity index (χ3v) is 3.20. The molecule has 0 atom stereocenters. The minimum atomic E-state index is -1.33. The lowest BCUT2D eigenvalue weighted by Crippen LogP contribution is -2.29. The average Bonchev–Trinajstić information content (AvgIpc) is 2.96. The van der Waals surface area contributed by atoms with Gasteiger partial charge < -0.3 is 19.4 Å². The lowest BCUT2D eigenvalue weighted by atomic mass is 10.1. The highest BCUT2D eigenvalue weighted by Gasteiger charge is 2.24. The summed E-state index contributed by atoms with van der Waals surface area (Å²) in [5, 5.41) is 10.5. The summed E-state index contributed by atoms with van der Waals surface area (Å²) in [4.78, 5) is 26.7. The van der Waals surface area contributed by atoms with Crippen LogP contribution in [0, 0.1) is 0 Å². The molecule has 0 aliphatic carbocycles. The molecule has 1 aliphatic heterocycles. The Balaban J connectivity index is 1.90. The summed E-state index contributed by atoms with van der Waals surface area (Å²) in [6.45, 7) is -0.580. The molecule has 6 heteroatoms. The zero-order valence-corrected chi connectivity index (χ0v) is 12.5. The fourth-order valence-electron chi connectivity index (χ4n) is 2.13. The van der Waals surface area contributed by atoms with Crippen LogP contribution in [0.5, 0.6) is 5.75 Å². The monoisotopic (exact) mass is 322 g/mol. The van der Waals surface area contributed by atoms with Crippen LogP contribution in [0.4, 0.5) is 0 Å². The molecule has 2 aromatic carbocycles. The lowest BCUT2D eigenvalue weighted by Gasteiger charge is -2.09. The van der Waals surface area contributed by atoms with Crippen LogP contribution in [-0.4, -0.2) is 24.4 Å². The second-order valence-electron chi connectivity index (χ2n) is 4.90. The Morgan fingerprint density at radius 2 is 1.83 bits per heavy atom. The van der Waals surface area contributed by atoms with E-state index in [0.29, 0.717) is 16.9 Å². The number of nitrogens with zero attached hydrogens (tertiary/aromatic N) is 1. The topological polar surface area (TPSA) is 88.0 Å². The van der Waals surface area contributed by atoms with Gasteiger partial charge in [0.2, 0.25) is 5.90 Å². The van der Waals surface area contributed by atoms with Crippen LogP contribution >= 0.6 is 0 Å². The number of hydrogen-bond donors (Lipinski definition) is 0. The van der Waals surface area contributed by atoms with Crippen LogP contribution < -0.4 is 9.84 Å². The summed E-state index contributed by atoms with van der Waals surface area (Å²) >= 11 is 0. The van der Waals surface area contributed by atoms with E-state index in [-0.39, 0.29) is 11.6 Å². The van der Waals surface area contributed by atoms with Crippen molar-refractivity contribution in [3.05, 3.63) is 71.4 Å². The summed E-state index contributed by atoms with van der Waals surface area (Å²) in [5.41, 5.74) is 1.32. The smallest absolute Gasteiger partial charge is 0.363 e. The van der Waals surface area contributed by atoms with Crippen molar-refractivity contribution in [3.8, 4) is 5.75 Å². The van der Waals surface area contributed by atoms with Crippen molar-refractivity contribution in [1.29, 1.82) is 0 Å². The number of carboxylic acids is 1. The van der Waals surface area contributed by atoms with Crippen LogP contribution in [-0.2, 0) is 14.3 Å². The van der Waals surface area contributed by atoms with Gasteiger partial charge in [-0.1, -0.05) is 36.4 Å². The van der Waals surface area contributed by atoms with Gasteiger partial charge in [0.25, 0.3) is 0 Å². The molecular weight excluding hydrogens is 310 g/mol. The summed E-state index contributed by atoms with van der Waals surface area (Å²) in [5.74, 6) is -1.38. The van der Waals surface area contributed by atoms with Crippen molar-refractivity contribution in [2.45, 2.75) is 0 Å². The molecule has 0 aromatic heterocycles. The second-order valence-corrected chi connectivity index (χ2v) is 4.90. The first-order chi connectivity index (χ1) is 11.6. The number of hydrogen-bond acceptors (Lipinski definition) is 6. The van der Waals surface area contributed by atoms with E-state index >= 15 is 0 Å². The molecule has 0 radical (unpaired) electrons. The lowest BCUT2D eigenvalue weighted by molar-refractivity contribution is -0.307. The van der Waals surface area contributed by atoms with Crippen LogP contribution in [0.15, 0.2) is 65.3 Å². The first-order valence-corrected chi connectivity index (χ1v) is 7.13. The Labute approximate surface area is 137 Å². The molecule has 120 valence electrons. The molecule has 0 fully saturated rings. The Bertz CT molecular complexity index is 839. The third kappa shape index (κ3) is 3.49. The van der Waals surface area contributed by atoms with E-state index in [9.17, 15) is 14.7 Å².